The number of ether oxygens (including phenoxy) is 1. The molecular formula is C22H31N3O3. The molecule has 3 fully saturated rings. The molecule has 2 bridgehead atoms. The minimum Gasteiger partial charge on any atom is -0.497 e. The number of likely N-dealkylation sites (N-methyl/N-ethyl adjacent to an activating group) is 1. The van der Waals surface area contributed by atoms with Gasteiger partial charge >= 0.3 is 0 Å². The zero-order chi connectivity index (χ0) is 19.9. The molecule has 0 unspecified atom stereocenters. The molecule has 3 aliphatic heterocycles. The van der Waals surface area contributed by atoms with E-state index in [0.29, 0.717) is 31.6 Å². The number of methoxy groups -OCH3 is 1. The fraction of sp³-hybridized carbons (Fsp3) is 0.636. The molecule has 3 saturated heterocycles. The first-order valence-corrected chi connectivity index (χ1v) is 10.3. The second kappa shape index (κ2) is 7.39. The Bertz CT molecular complexity index is 759. The van der Waals surface area contributed by atoms with Crippen LogP contribution in [-0.2, 0) is 16.0 Å². The Morgan fingerprint density at radius 2 is 1.93 bits per heavy atom. The van der Waals surface area contributed by atoms with Gasteiger partial charge in [-0.3, -0.25) is 9.59 Å². The number of hydrogen-bond donors (Lipinski definition) is 0. The number of nitrogens with zero attached hydrogens (tertiary/aromatic N) is 3. The summed E-state index contributed by atoms with van der Waals surface area (Å²) >= 11 is 0. The van der Waals surface area contributed by atoms with E-state index in [4.69, 9.17) is 4.74 Å². The molecule has 1 aromatic carbocycles. The van der Waals surface area contributed by atoms with Gasteiger partial charge in [0.2, 0.25) is 11.8 Å². The third kappa shape index (κ3) is 3.39. The van der Waals surface area contributed by atoms with Crippen molar-refractivity contribution < 1.29 is 14.3 Å². The van der Waals surface area contributed by atoms with Gasteiger partial charge in [-0.2, -0.15) is 0 Å². The maximum atomic E-state index is 13.9. The summed E-state index contributed by atoms with van der Waals surface area (Å²) in [6, 6.07) is 8.60. The summed E-state index contributed by atoms with van der Waals surface area (Å²) in [5.74, 6) is 1.10. The fourth-order valence-corrected chi connectivity index (χ4v) is 5.25. The predicted octanol–water partition coefficient (Wildman–Crippen LogP) is 1.78. The van der Waals surface area contributed by atoms with E-state index in [0.717, 1.165) is 43.7 Å². The van der Waals surface area contributed by atoms with Gasteiger partial charge in [-0.1, -0.05) is 12.1 Å². The van der Waals surface area contributed by atoms with E-state index in [2.05, 4.69) is 22.9 Å². The molecule has 6 nitrogen and oxygen atoms in total. The standard InChI is InChI=1S/C22H31N3O3/c1-16(26)24-14-22(15-24,12-17-5-4-6-20(11-17)28-3)21(27)25-18-7-8-19(25)13-23(2)10-9-18/h4-6,11,18-19H,7-10,12-15H2,1-3H3/t18-,19+/m1/s1. The molecule has 152 valence electrons. The van der Waals surface area contributed by atoms with Crippen LogP contribution in [0.3, 0.4) is 0 Å². The summed E-state index contributed by atoms with van der Waals surface area (Å²) in [6.45, 7) is 4.63. The maximum absolute atomic E-state index is 13.9. The highest BCUT2D eigenvalue weighted by molar-refractivity contribution is 5.88. The molecule has 2 amide bonds. The largest absolute Gasteiger partial charge is 0.497 e. The lowest BCUT2D eigenvalue weighted by molar-refractivity contribution is -0.162. The number of carbonyl (C=O) groups excluding carboxylic acids is 2. The van der Waals surface area contributed by atoms with Crippen LogP contribution in [0.5, 0.6) is 5.75 Å². The second-order valence-corrected chi connectivity index (χ2v) is 8.83. The summed E-state index contributed by atoms with van der Waals surface area (Å²) in [6.07, 6.45) is 3.89. The highest BCUT2D eigenvalue weighted by Gasteiger charge is 2.55. The van der Waals surface area contributed by atoms with Gasteiger partial charge in [0.25, 0.3) is 0 Å². The van der Waals surface area contributed by atoms with Gasteiger partial charge in [0, 0.05) is 38.6 Å². The first-order valence-electron chi connectivity index (χ1n) is 10.3. The molecule has 0 N–H and O–H groups in total. The van der Waals surface area contributed by atoms with Crippen LogP contribution in [0.1, 0.15) is 31.7 Å². The quantitative estimate of drug-likeness (QED) is 0.793. The minimum atomic E-state index is -0.512. The van der Waals surface area contributed by atoms with Crippen molar-refractivity contribution in [3.8, 4) is 5.75 Å². The van der Waals surface area contributed by atoms with Crippen LogP contribution < -0.4 is 4.74 Å². The number of benzene rings is 1. The highest BCUT2D eigenvalue weighted by atomic mass is 16.5. The summed E-state index contributed by atoms with van der Waals surface area (Å²) in [5.41, 5.74) is 0.581. The van der Waals surface area contributed by atoms with Crippen LogP contribution in [-0.4, -0.2) is 78.9 Å². The number of carbonyl (C=O) groups is 2. The molecule has 1 aromatic rings. The molecule has 0 spiro atoms. The number of likely N-dealkylation sites (tertiary alicyclic amines) is 2. The zero-order valence-electron chi connectivity index (χ0n) is 17.2. The molecular weight excluding hydrogens is 354 g/mol. The lowest BCUT2D eigenvalue weighted by Gasteiger charge is -2.51. The molecule has 0 aromatic heterocycles. The predicted molar refractivity (Wildman–Crippen MR) is 107 cm³/mol. The minimum absolute atomic E-state index is 0.0487. The first-order chi connectivity index (χ1) is 13.4. The number of fused-ring (bicyclic) bond motifs is 2. The van der Waals surface area contributed by atoms with Crippen molar-refractivity contribution in [3.05, 3.63) is 29.8 Å². The van der Waals surface area contributed by atoms with Gasteiger partial charge in [-0.05, 0) is 57.0 Å². The van der Waals surface area contributed by atoms with Crippen LogP contribution in [0.25, 0.3) is 0 Å². The first kappa shape index (κ1) is 19.2. The summed E-state index contributed by atoms with van der Waals surface area (Å²) in [4.78, 5) is 32.1. The maximum Gasteiger partial charge on any atom is 0.233 e. The van der Waals surface area contributed by atoms with Crippen molar-refractivity contribution >= 4 is 11.8 Å². The van der Waals surface area contributed by atoms with Gasteiger partial charge < -0.3 is 19.4 Å². The average molecular weight is 386 g/mol. The van der Waals surface area contributed by atoms with Crippen LogP contribution in [0.15, 0.2) is 24.3 Å². The SMILES string of the molecule is COc1cccc(CC2(C(=O)N3[C@@H]4CC[C@H]3CN(C)CC4)CN(C(C)=O)C2)c1. The summed E-state index contributed by atoms with van der Waals surface area (Å²) in [5, 5.41) is 0. The number of hydrogen-bond acceptors (Lipinski definition) is 4. The fourth-order valence-electron chi connectivity index (χ4n) is 5.25. The van der Waals surface area contributed by atoms with Gasteiger partial charge in [-0.25, -0.2) is 0 Å². The van der Waals surface area contributed by atoms with Crippen molar-refractivity contribution in [3.63, 3.8) is 0 Å². The van der Waals surface area contributed by atoms with Crippen molar-refractivity contribution in [2.24, 2.45) is 5.41 Å². The van der Waals surface area contributed by atoms with E-state index < -0.39 is 5.41 Å². The Balaban J connectivity index is 1.61. The van der Waals surface area contributed by atoms with E-state index in [-0.39, 0.29) is 11.8 Å². The van der Waals surface area contributed by atoms with Crippen LogP contribution in [0.2, 0.25) is 0 Å². The van der Waals surface area contributed by atoms with Gasteiger partial charge in [-0.15, -0.1) is 0 Å². The van der Waals surface area contributed by atoms with Gasteiger partial charge in [0.1, 0.15) is 5.75 Å². The molecule has 3 aliphatic rings. The number of amides is 2. The topological polar surface area (TPSA) is 53.1 Å². The third-order valence-electron chi connectivity index (χ3n) is 6.78. The smallest absolute Gasteiger partial charge is 0.233 e. The van der Waals surface area contributed by atoms with Crippen LogP contribution in [0, 0.1) is 5.41 Å². The molecule has 3 heterocycles. The Kier molecular flexibility index (Phi) is 5.08. The summed E-state index contributed by atoms with van der Waals surface area (Å²) in [7, 11) is 3.81. The third-order valence-corrected chi connectivity index (χ3v) is 6.78. The highest BCUT2D eigenvalue weighted by Crippen LogP contribution is 2.41. The van der Waals surface area contributed by atoms with E-state index >= 15 is 0 Å². The normalized spacial score (nSPS) is 26.5. The zero-order valence-corrected chi connectivity index (χ0v) is 17.2. The molecule has 4 rings (SSSR count). The van der Waals surface area contributed by atoms with Crippen molar-refractivity contribution in [2.75, 3.05) is 40.3 Å². The molecule has 28 heavy (non-hydrogen) atoms. The van der Waals surface area contributed by atoms with Crippen LogP contribution in [0.4, 0.5) is 0 Å². The lowest BCUT2D eigenvalue weighted by atomic mass is 9.73. The number of rotatable bonds is 4. The van der Waals surface area contributed by atoms with Gasteiger partial charge in [0.15, 0.2) is 0 Å². The van der Waals surface area contributed by atoms with Crippen LogP contribution >= 0.6 is 0 Å². The molecule has 0 aliphatic carbocycles. The van der Waals surface area contributed by atoms with Crippen molar-refractivity contribution in [1.29, 1.82) is 0 Å². The van der Waals surface area contributed by atoms with E-state index in [1.54, 1.807) is 18.9 Å². The van der Waals surface area contributed by atoms with Crippen molar-refractivity contribution in [2.45, 2.75) is 44.7 Å². The molecule has 0 saturated carbocycles. The Labute approximate surface area is 167 Å². The van der Waals surface area contributed by atoms with E-state index in [1.165, 1.54) is 0 Å². The summed E-state index contributed by atoms with van der Waals surface area (Å²) < 4.78 is 5.36. The Morgan fingerprint density at radius 3 is 2.64 bits per heavy atom. The Morgan fingerprint density at radius 1 is 1.18 bits per heavy atom. The molecule has 6 heteroatoms. The monoisotopic (exact) mass is 385 g/mol. The van der Waals surface area contributed by atoms with Crippen molar-refractivity contribution in [1.82, 2.24) is 14.7 Å². The van der Waals surface area contributed by atoms with E-state index in [9.17, 15) is 9.59 Å². The molecule has 2 atom stereocenters. The second-order valence-electron chi connectivity index (χ2n) is 8.83. The van der Waals surface area contributed by atoms with E-state index in [1.807, 2.05) is 18.2 Å². The lowest BCUT2D eigenvalue weighted by Crippen LogP contribution is -2.67. The molecule has 0 radical (unpaired) electrons. The average Bonchev–Trinajstić information content (AvgIpc) is 2.95. The van der Waals surface area contributed by atoms with Gasteiger partial charge in [0.05, 0.1) is 12.5 Å². The Hall–Kier alpha value is -2.08.